The van der Waals surface area contributed by atoms with E-state index in [0.29, 0.717) is 29.7 Å². The molecule has 0 spiro atoms. The van der Waals surface area contributed by atoms with Crippen LogP contribution in [0.3, 0.4) is 0 Å². The second-order valence-corrected chi connectivity index (χ2v) is 13.9. The van der Waals surface area contributed by atoms with Gasteiger partial charge in [-0.2, -0.15) is 0 Å². The number of rotatable bonds is 9. The number of nitrogens with zero attached hydrogens (tertiary/aromatic N) is 1. The highest BCUT2D eigenvalue weighted by Gasteiger charge is 2.44. The number of para-hydroxylation sites is 1. The van der Waals surface area contributed by atoms with E-state index in [1.165, 1.54) is 4.90 Å². The third kappa shape index (κ3) is 6.41. The number of carbonyl (C=O) groups is 2. The molecule has 10 nitrogen and oxygen atoms in total. The van der Waals surface area contributed by atoms with E-state index in [-0.39, 0.29) is 36.0 Å². The fourth-order valence-corrected chi connectivity index (χ4v) is 6.30. The largest absolute Gasteiger partial charge is 0.485 e. The van der Waals surface area contributed by atoms with Gasteiger partial charge in [0.1, 0.15) is 27.3 Å². The lowest BCUT2D eigenvalue weighted by Crippen LogP contribution is -2.62. The molecule has 222 valence electrons. The van der Waals surface area contributed by atoms with Crippen LogP contribution in [0.25, 0.3) is 0 Å². The van der Waals surface area contributed by atoms with E-state index in [9.17, 15) is 23.1 Å². The number of hydrogen-bond acceptors (Lipinski definition) is 7. The number of hydrogen-bond donors (Lipinski definition) is 4. The lowest BCUT2D eigenvalue weighted by molar-refractivity contribution is -0.132. The van der Waals surface area contributed by atoms with Crippen molar-refractivity contribution in [1.82, 2.24) is 15.5 Å². The first-order chi connectivity index (χ1) is 19.2. The third-order valence-electron chi connectivity index (χ3n) is 8.29. The number of benzene rings is 2. The molecule has 0 aromatic heterocycles. The minimum Gasteiger partial charge on any atom is -0.485 e. The summed E-state index contributed by atoms with van der Waals surface area (Å²) in [7, 11) is -3.37. The van der Waals surface area contributed by atoms with Crippen molar-refractivity contribution < 1.29 is 27.9 Å². The molecular formula is C30H40N4O6S. The normalized spacial score (nSPS) is 22.2. The Labute approximate surface area is 241 Å². The minimum atomic E-state index is -3.37. The summed E-state index contributed by atoms with van der Waals surface area (Å²) in [5.41, 5.74) is 0.00130. The van der Waals surface area contributed by atoms with Crippen molar-refractivity contribution in [1.29, 1.82) is 5.41 Å². The lowest BCUT2D eigenvalue weighted by atomic mass is 9.86. The predicted molar refractivity (Wildman–Crippen MR) is 157 cm³/mol. The Kier molecular flexibility index (Phi) is 8.52. The number of fused-ring (bicyclic) bond motifs is 1. The number of nitrogens with one attached hydrogen (secondary N) is 3. The topological polar surface area (TPSA) is 149 Å². The van der Waals surface area contributed by atoms with Crippen molar-refractivity contribution >= 4 is 27.6 Å². The Hall–Kier alpha value is -3.44. The van der Waals surface area contributed by atoms with Crippen LogP contribution >= 0.6 is 0 Å². The predicted octanol–water partition coefficient (Wildman–Crippen LogP) is 3.48. The maximum atomic E-state index is 13.5. The molecule has 0 aliphatic carbocycles. The van der Waals surface area contributed by atoms with Gasteiger partial charge in [0.2, 0.25) is 5.91 Å². The molecule has 11 heteroatoms. The van der Waals surface area contributed by atoms with E-state index >= 15 is 0 Å². The molecule has 2 aromatic rings. The highest BCUT2D eigenvalue weighted by Crippen LogP contribution is 2.40. The summed E-state index contributed by atoms with van der Waals surface area (Å²) in [4.78, 5) is 28.3. The Morgan fingerprint density at radius 1 is 1.20 bits per heavy atom. The average molecular weight is 585 g/mol. The quantitative estimate of drug-likeness (QED) is 0.353. The van der Waals surface area contributed by atoms with Crippen molar-refractivity contribution in [2.24, 2.45) is 0 Å². The van der Waals surface area contributed by atoms with Gasteiger partial charge in [0.25, 0.3) is 5.91 Å². The second-order valence-electron chi connectivity index (χ2n) is 11.6. The van der Waals surface area contributed by atoms with Crippen LogP contribution in [0.15, 0.2) is 48.5 Å². The molecule has 1 unspecified atom stereocenters. The molecule has 2 aromatic carbocycles. The van der Waals surface area contributed by atoms with Gasteiger partial charge in [0.15, 0.2) is 5.96 Å². The molecule has 2 amide bonds. The average Bonchev–Trinajstić information content (AvgIpc) is 2.91. The standard InChI is InChI=1S/C30H40N4O6S/c1-6-30(7-2)18-24(35)34(28(31)33-30)22(15-16-41(5,38)39)19-11-10-12-20(17-19)27(37)32-25-21-13-8-9-14-23(21)40-29(3,4)26(25)36/h8-14,17,22,25-26,36H,6-7,15-16,18H2,1-5H3,(H2,31,33)(H,32,37)/t22?,25-,26+/m1/s1. The number of ether oxygens (including phenoxy) is 1. The van der Waals surface area contributed by atoms with Gasteiger partial charge in [-0.25, -0.2) is 8.42 Å². The number of aliphatic hydroxyl groups excluding tert-OH is 1. The fraction of sp³-hybridized carbons (Fsp3) is 0.500. The van der Waals surface area contributed by atoms with Crippen LogP contribution in [0.4, 0.5) is 0 Å². The van der Waals surface area contributed by atoms with Crippen LogP contribution in [-0.4, -0.2) is 65.5 Å². The maximum Gasteiger partial charge on any atom is 0.251 e. The first-order valence-corrected chi connectivity index (χ1v) is 16.0. The number of amides is 2. The van der Waals surface area contributed by atoms with E-state index in [1.54, 1.807) is 50.2 Å². The minimum absolute atomic E-state index is 0.0607. The van der Waals surface area contributed by atoms with Crippen LogP contribution in [0.5, 0.6) is 5.75 Å². The highest BCUT2D eigenvalue weighted by molar-refractivity contribution is 7.90. The van der Waals surface area contributed by atoms with Crippen LogP contribution in [-0.2, 0) is 14.6 Å². The van der Waals surface area contributed by atoms with Crippen LogP contribution in [0.2, 0.25) is 0 Å². The third-order valence-corrected chi connectivity index (χ3v) is 9.26. The molecule has 2 aliphatic rings. The molecule has 41 heavy (non-hydrogen) atoms. The summed E-state index contributed by atoms with van der Waals surface area (Å²) in [5.74, 6) is -0.415. The molecule has 0 saturated carbocycles. The highest BCUT2D eigenvalue weighted by atomic mass is 32.2. The lowest BCUT2D eigenvalue weighted by Gasteiger charge is -2.45. The van der Waals surface area contributed by atoms with Gasteiger partial charge in [-0.1, -0.05) is 44.2 Å². The summed E-state index contributed by atoms with van der Waals surface area (Å²) in [6, 6.07) is 12.4. The summed E-state index contributed by atoms with van der Waals surface area (Å²) in [6.45, 7) is 7.43. The van der Waals surface area contributed by atoms with Crippen molar-refractivity contribution in [2.45, 2.75) is 82.7 Å². The number of carbonyl (C=O) groups excluding carboxylic acids is 2. The summed E-state index contributed by atoms with van der Waals surface area (Å²) >= 11 is 0. The molecule has 4 rings (SSSR count). The first kappa shape index (κ1) is 30.5. The van der Waals surface area contributed by atoms with E-state index in [2.05, 4.69) is 10.6 Å². The van der Waals surface area contributed by atoms with E-state index < -0.39 is 45.1 Å². The Morgan fingerprint density at radius 2 is 1.88 bits per heavy atom. The van der Waals surface area contributed by atoms with Crippen molar-refractivity contribution in [3.05, 3.63) is 65.2 Å². The Morgan fingerprint density at radius 3 is 2.51 bits per heavy atom. The van der Waals surface area contributed by atoms with E-state index in [1.807, 2.05) is 26.0 Å². The fourth-order valence-electron chi connectivity index (χ4n) is 5.65. The van der Waals surface area contributed by atoms with E-state index in [4.69, 9.17) is 10.1 Å². The van der Waals surface area contributed by atoms with Crippen LogP contribution in [0.1, 0.15) is 86.9 Å². The Balaban J connectivity index is 1.66. The molecule has 2 aliphatic heterocycles. The van der Waals surface area contributed by atoms with Gasteiger partial charge >= 0.3 is 0 Å². The van der Waals surface area contributed by atoms with Crippen molar-refractivity contribution in [3.63, 3.8) is 0 Å². The molecule has 1 fully saturated rings. The molecule has 0 radical (unpaired) electrons. The molecule has 4 N–H and O–H groups in total. The molecule has 1 saturated heterocycles. The van der Waals surface area contributed by atoms with Gasteiger partial charge in [-0.15, -0.1) is 0 Å². The zero-order valence-corrected chi connectivity index (χ0v) is 25.0. The Bertz CT molecular complexity index is 1420. The summed E-state index contributed by atoms with van der Waals surface area (Å²) in [6.07, 6.45) is 1.66. The summed E-state index contributed by atoms with van der Waals surface area (Å²) in [5, 5.41) is 25.9. The monoisotopic (exact) mass is 584 g/mol. The molecule has 2 heterocycles. The maximum absolute atomic E-state index is 13.5. The van der Waals surface area contributed by atoms with Gasteiger partial charge in [0.05, 0.1) is 24.3 Å². The van der Waals surface area contributed by atoms with Crippen molar-refractivity contribution in [3.8, 4) is 5.75 Å². The second kappa shape index (κ2) is 11.4. The smallest absolute Gasteiger partial charge is 0.251 e. The number of guanidine groups is 1. The summed E-state index contributed by atoms with van der Waals surface area (Å²) < 4.78 is 30.2. The van der Waals surface area contributed by atoms with Gasteiger partial charge < -0.3 is 20.5 Å². The van der Waals surface area contributed by atoms with E-state index in [0.717, 1.165) is 6.26 Å². The molecule has 0 bridgehead atoms. The van der Waals surface area contributed by atoms with Crippen LogP contribution in [0, 0.1) is 5.41 Å². The zero-order valence-electron chi connectivity index (χ0n) is 24.2. The number of aliphatic hydroxyl groups is 1. The first-order valence-electron chi connectivity index (χ1n) is 13.9. The molecule has 3 atom stereocenters. The van der Waals surface area contributed by atoms with Gasteiger partial charge in [-0.05, 0) is 56.9 Å². The zero-order chi connectivity index (χ0) is 30.2. The van der Waals surface area contributed by atoms with Crippen molar-refractivity contribution in [2.75, 3.05) is 12.0 Å². The van der Waals surface area contributed by atoms with Crippen LogP contribution < -0.4 is 15.4 Å². The molecular weight excluding hydrogens is 544 g/mol. The van der Waals surface area contributed by atoms with Gasteiger partial charge in [-0.3, -0.25) is 19.9 Å². The number of sulfone groups is 1. The SMILES string of the molecule is CCC1(CC)CC(=O)N(C(CCS(C)(=O)=O)c2cccc(C(=O)N[C@@H]3c4ccccc4OC(C)(C)[C@H]3O)c2)C(=N)N1. The van der Waals surface area contributed by atoms with Gasteiger partial charge in [0, 0.05) is 22.9 Å².